The van der Waals surface area contributed by atoms with Gasteiger partial charge in [-0.2, -0.15) is 0 Å². The van der Waals surface area contributed by atoms with E-state index in [1.165, 1.54) is 6.42 Å². The number of piperazine rings is 1. The van der Waals surface area contributed by atoms with Gasteiger partial charge in [-0.05, 0) is 24.8 Å². The monoisotopic (exact) mass is 290 g/mol. The molecular weight excluding hydrogens is 260 g/mol. The Morgan fingerprint density at radius 2 is 1.67 bits per heavy atom. The molecule has 1 fully saturated rings. The van der Waals surface area contributed by atoms with Crippen molar-refractivity contribution >= 4 is 0 Å². The third-order valence-electron chi connectivity index (χ3n) is 4.85. The molecule has 0 radical (unpaired) electrons. The Hall–Kier alpha value is -0.900. The van der Waals surface area contributed by atoms with Gasteiger partial charge in [0.15, 0.2) is 0 Å². The molecule has 2 rings (SSSR count). The van der Waals surface area contributed by atoms with Crippen LogP contribution in [-0.2, 0) is 0 Å². The molecular formula is C18H30N2O. The minimum Gasteiger partial charge on any atom is -0.388 e. The molecule has 21 heavy (non-hydrogen) atoms. The van der Waals surface area contributed by atoms with Gasteiger partial charge in [0.05, 0.1) is 6.10 Å². The molecule has 0 spiro atoms. The molecule has 1 aliphatic heterocycles. The molecule has 1 saturated heterocycles. The highest BCUT2D eigenvalue weighted by molar-refractivity contribution is 5.17. The summed E-state index contributed by atoms with van der Waals surface area (Å²) in [4.78, 5) is 5.07. The maximum Gasteiger partial charge on any atom is 0.0827 e. The van der Waals surface area contributed by atoms with Crippen LogP contribution < -0.4 is 0 Å². The van der Waals surface area contributed by atoms with Crippen molar-refractivity contribution < 1.29 is 5.11 Å². The van der Waals surface area contributed by atoms with Gasteiger partial charge in [0.2, 0.25) is 0 Å². The molecule has 1 aliphatic rings. The molecule has 1 heterocycles. The van der Waals surface area contributed by atoms with Gasteiger partial charge in [-0.3, -0.25) is 4.90 Å². The number of hydrogen-bond acceptors (Lipinski definition) is 3. The van der Waals surface area contributed by atoms with Crippen molar-refractivity contribution in [2.75, 3.05) is 32.7 Å². The molecule has 0 saturated carbocycles. The smallest absolute Gasteiger partial charge is 0.0827 e. The van der Waals surface area contributed by atoms with E-state index in [9.17, 15) is 5.11 Å². The minimum atomic E-state index is -0.362. The predicted molar refractivity (Wildman–Crippen MR) is 88.3 cm³/mol. The second kappa shape index (κ2) is 7.92. The first kappa shape index (κ1) is 16.5. The summed E-state index contributed by atoms with van der Waals surface area (Å²) in [6.45, 7) is 12.3. The summed E-state index contributed by atoms with van der Waals surface area (Å²) in [5, 5.41) is 10.5. The molecule has 0 aliphatic carbocycles. The average molecular weight is 290 g/mol. The highest BCUT2D eigenvalue weighted by Crippen LogP contribution is 2.23. The third kappa shape index (κ3) is 4.53. The van der Waals surface area contributed by atoms with Crippen LogP contribution in [0.2, 0.25) is 0 Å². The summed E-state index contributed by atoms with van der Waals surface area (Å²) < 4.78 is 0. The first-order valence-electron chi connectivity index (χ1n) is 8.31. The van der Waals surface area contributed by atoms with E-state index in [1.54, 1.807) is 0 Å². The van der Waals surface area contributed by atoms with Gasteiger partial charge in [0, 0.05) is 38.8 Å². The van der Waals surface area contributed by atoms with Gasteiger partial charge < -0.3 is 10.0 Å². The normalized spacial score (nSPS) is 21.9. The quantitative estimate of drug-likeness (QED) is 0.873. The van der Waals surface area contributed by atoms with Gasteiger partial charge in [-0.1, -0.05) is 44.2 Å². The molecule has 3 unspecified atom stereocenters. The summed E-state index contributed by atoms with van der Waals surface area (Å²) in [6, 6.07) is 10.7. The Labute approximate surface area is 129 Å². The number of nitrogens with zero attached hydrogens (tertiary/aromatic N) is 2. The van der Waals surface area contributed by atoms with Crippen LogP contribution in [0, 0.1) is 5.92 Å². The van der Waals surface area contributed by atoms with E-state index in [-0.39, 0.29) is 12.0 Å². The van der Waals surface area contributed by atoms with Crippen LogP contribution >= 0.6 is 0 Å². The van der Waals surface area contributed by atoms with E-state index in [4.69, 9.17) is 0 Å². The van der Waals surface area contributed by atoms with E-state index in [0.717, 1.165) is 38.3 Å². The second-order valence-corrected chi connectivity index (χ2v) is 6.43. The lowest BCUT2D eigenvalue weighted by Crippen LogP contribution is -2.50. The number of aliphatic hydroxyl groups excluding tert-OH is 1. The maximum atomic E-state index is 10.5. The lowest BCUT2D eigenvalue weighted by molar-refractivity contribution is 0.0543. The predicted octanol–water partition coefficient (Wildman–Crippen LogP) is 2.77. The zero-order valence-corrected chi connectivity index (χ0v) is 13.7. The Kier molecular flexibility index (Phi) is 6.22. The van der Waals surface area contributed by atoms with Gasteiger partial charge in [0.25, 0.3) is 0 Å². The van der Waals surface area contributed by atoms with Crippen molar-refractivity contribution in [1.29, 1.82) is 0 Å². The Balaban J connectivity index is 1.80. The van der Waals surface area contributed by atoms with E-state index >= 15 is 0 Å². The Morgan fingerprint density at radius 1 is 1.05 bits per heavy atom. The molecule has 0 bridgehead atoms. The molecule has 1 aromatic rings. The molecule has 0 amide bonds. The molecule has 3 nitrogen and oxygen atoms in total. The van der Waals surface area contributed by atoms with E-state index in [2.05, 4.69) is 30.6 Å². The molecule has 1 N–H and O–H groups in total. The summed E-state index contributed by atoms with van der Waals surface area (Å²) >= 11 is 0. The zero-order chi connectivity index (χ0) is 15.2. The first-order valence-corrected chi connectivity index (χ1v) is 8.31. The van der Waals surface area contributed by atoms with Crippen molar-refractivity contribution in [1.82, 2.24) is 9.80 Å². The van der Waals surface area contributed by atoms with Crippen molar-refractivity contribution in [3.05, 3.63) is 35.9 Å². The first-order chi connectivity index (χ1) is 10.1. The fourth-order valence-electron chi connectivity index (χ4n) is 3.13. The Morgan fingerprint density at radius 3 is 2.24 bits per heavy atom. The van der Waals surface area contributed by atoms with Crippen molar-refractivity contribution in [3.63, 3.8) is 0 Å². The van der Waals surface area contributed by atoms with Crippen molar-refractivity contribution in [2.24, 2.45) is 5.92 Å². The number of benzene rings is 1. The van der Waals surface area contributed by atoms with Crippen molar-refractivity contribution in [2.45, 2.75) is 39.3 Å². The standard InChI is InChI=1S/C18H30N2O/c1-4-16(3)20-12-10-19(11-13-20)14-15(2)18(21)17-8-6-5-7-9-17/h5-9,15-16,18,21H,4,10-14H2,1-3H3. The highest BCUT2D eigenvalue weighted by Gasteiger charge is 2.24. The summed E-state index contributed by atoms with van der Waals surface area (Å²) in [5.74, 6) is 0.266. The molecule has 3 atom stereocenters. The van der Waals surface area contributed by atoms with Crippen LogP contribution in [0.15, 0.2) is 30.3 Å². The van der Waals surface area contributed by atoms with Crippen molar-refractivity contribution in [3.8, 4) is 0 Å². The van der Waals surface area contributed by atoms with Crippen LogP contribution in [0.4, 0.5) is 0 Å². The van der Waals surface area contributed by atoms with Gasteiger partial charge in [-0.25, -0.2) is 0 Å². The van der Waals surface area contributed by atoms with Gasteiger partial charge in [-0.15, -0.1) is 0 Å². The maximum absolute atomic E-state index is 10.5. The average Bonchev–Trinajstić information content (AvgIpc) is 2.55. The summed E-state index contributed by atoms with van der Waals surface area (Å²) in [5.41, 5.74) is 1.03. The van der Waals surface area contributed by atoms with Gasteiger partial charge in [0.1, 0.15) is 0 Å². The van der Waals surface area contributed by atoms with Crippen LogP contribution in [0.3, 0.4) is 0 Å². The number of hydrogen-bond donors (Lipinski definition) is 1. The van der Waals surface area contributed by atoms with Crippen LogP contribution in [0.5, 0.6) is 0 Å². The third-order valence-corrected chi connectivity index (χ3v) is 4.85. The second-order valence-electron chi connectivity index (χ2n) is 6.43. The van der Waals surface area contributed by atoms with Crippen LogP contribution in [-0.4, -0.2) is 53.7 Å². The molecule has 0 aromatic heterocycles. The van der Waals surface area contributed by atoms with Gasteiger partial charge >= 0.3 is 0 Å². The van der Waals surface area contributed by atoms with Crippen LogP contribution in [0.1, 0.15) is 38.9 Å². The lowest BCUT2D eigenvalue weighted by atomic mass is 9.96. The van der Waals surface area contributed by atoms with E-state index in [0.29, 0.717) is 6.04 Å². The zero-order valence-electron chi connectivity index (χ0n) is 13.7. The number of aliphatic hydroxyl groups is 1. The van der Waals surface area contributed by atoms with E-state index in [1.807, 2.05) is 30.3 Å². The number of rotatable bonds is 6. The Bertz CT molecular complexity index is 401. The highest BCUT2D eigenvalue weighted by atomic mass is 16.3. The molecule has 3 heteroatoms. The fourth-order valence-corrected chi connectivity index (χ4v) is 3.13. The molecule has 118 valence electrons. The SMILES string of the molecule is CCC(C)N1CCN(CC(C)C(O)c2ccccc2)CC1. The van der Waals surface area contributed by atoms with Crippen LogP contribution in [0.25, 0.3) is 0 Å². The summed E-state index contributed by atoms with van der Waals surface area (Å²) in [6.07, 6.45) is 0.863. The fraction of sp³-hybridized carbons (Fsp3) is 0.667. The molecule has 1 aromatic carbocycles. The van der Waals surface area contributed by atoms with E-state index < -0.39 is 0 Å². The topological polar surface area (TPSA) is 26.7 Å². The summed E-state index contributed by atoms with van der Waals surface area (Å²) in [7, 11) is 0. The largest absolute Gasteiger partial charge is 0.388 e. The minimum absolute atomic E-state index is 0.266. The lowest BCUT2D eigenvalue weighted by Gasteiger charge is -2.39.